The molecule has 150 valence electrons. The van der Waals surface area contributed by atoms with Crippen LogP contribution in [0.25, 0.3) is 0 Å². The fourth-order valence-corrected chi connectivity index (χ4v) is 4.49. The van der Waals surface area contributed by atoms with Crippen LogP contribution in [0.2, 0.25) is 0 Å². The predicted molar refractivity (Wildman–Crippen MR) is 111 cm³/mol. The van der Waals surface area contributed by atoms with E-state index in [2.05, 4.69) is 17.4 Å². The molecular formula is C24H26N2O3. The van der Waals surface area contributed by atoms with E-state index in [1.54, 1.807) is 0 Å². The lowest BCUT2D eigenvalue weighted by molar-refractivity contribution is -0.140. The van der Waals surface area contributed by atoms with Crippen molar-refractivity contribution in [2.24, 2.45) is 11.8 Å². The van der Waals surface area contributed by atoms with Crippen LogP contribution >= 0.6 is 0 Å². The van der Waals surface area contributed by atoms with E-state index >= 15 is 0 Å². The van der Waals surface area contributed by atoms with Gasteiger partial charge in [-0.3, -0.25) is 19.3 Å². The summed E-state index contributed by atoms with van der Waals surface area (Å²) in [6.07, 6.45) is 4.45. The van der Waals surface area contributed by atoms with Crippen molar-refractivity contribution in [3.05, 3.63) is 65.7 Å². The minimum atomic E-state index is -0.180. The molecule has 1 heterocycles. The van der Waals surface area contributed by atoms with Crippen LogP contribution in [0.1, 0.15) is 43.2 Å². The van der Waals surface area contributed by atoms with Crippen LogP contribution in [0.5, 0.6) is 0 Å². The number of para-hydroxylation sites is 1. The van der Waals surface area contributed by atoms with Crippen molar-refractivity contribution in [1.82, 2.24) is 4.90 Å². The van der Waals surface area contributed by atoms with Crippen molar-refractivity contribution >= 4 is 23.4 Å². The van der Waals surface area contributed by atoms with Crippen LogP contribution in [-0.4, -0.2) is 29.2 Å². The standard InChI is InChI=1S/C24H26N2O3/c27-22(14-15-26-23(28)19-11-5-6-12-20(19)24(26)29)25-21-13-7-4-10-18(21)16-17-8-2-1-3-9-17/h1-4,7-10,13,19-20H,5-6,11-12,14-16H2,(H,25,27). The summed E-state index contributed by atoms with van der Waals surface area (Å²) in [7, 11) is 0. The van der Waals surface area contributed by atoms with Gasteiger partial charge in [0.25, 0.3) is 0 Å². The Hall–Kier alpha value is -2.95. The Labute approximate surface area is 171 Å². The number of fused-ring (bicyclic) bond motifs is 1. The lowest BCUT2D eigenvalue weighted by Gasteiger charge is -2.19. The minimum absolute atomic E-state index is 0.0861. The number of benzene rings is 2. The van der Waals surface area contributed by atoms with Crippen LogP contribution < -0.4 is 5.32 Å². The highest BCUT2D eigenvalue weighted by Crippen LogP contribution is 2.38. The van der Waals surface area contributed by atoms with Gasteiger partial charge in [0.2, 0.25) is 17.7 Å². The van der Waals surface area contributed by atoms with Crippen LogP contribution in [-0.2, 0) is 20.8 Å². The summed E-state index contributed by atoms with van der Waals surface area (Å²) < 4.78 is 0. The monoisotopic (exact) mass is 390 g/mol. The number of imide groups is 1. The Kier molecular flexibility index (Phi) is 5.74. The van der Waals surface area contributed by atoms with Crippen LogP contribution in [0, 0.1) is 11.8 Å². The molecule has 2 fully saturated rings. The fraction of sp³-hybridized carbons (Fsp3) is 0.375. The van der Waals surface area contributed by atoms with Crippen molar-refractivity contribution in [1.29, 1.82) is 0 Å². The number of nitrogens with zero attached hydrogens (tertiary/aromatic N) is 1. The molecule has 29 heavy (non-hydrogen) atoms. The highest BCUT2D eigenvalue weighted by molar-refractivity contribution is 6.05. The largest absolute Gasteiger partial charge is 0.326 e. The SMILES string of the molecule is O=C(CCN1C(=O)C2CCCCC2C1=O)Nc1ccccc1Cc1ccccc1. The van der Waals surface area contributed by atoms with Crippen molar-refractivity contribution < 1.29 is 14.4 Å². The van der Waals surface area contributed by atoms with Crippen molar-refractivity contribution in [3.8, 4) is 0 Å². The normalized spacial score (nSPS) is 21.2. The summed E-state index contributed by atoms with van der Waals surface area (Å²) in [5.41, 5.74) is 2.98. The number of hydrogen-bond acceptors (Lipinski definition) is 3. The third-order valence-electron chi connectivity index (χ3n) is 6.02. The van der Waals surface area contributed by atoms with Crippen molar-refractivity contribution in [3.63, 3.8) is 0 Å². The average Bonchev–Trinajstić information content (AvgIpc) is 2.99. The molecule has 0 spiro atoms. The number of rotatable bonds is 6. The first kappa shape index (κ1) is 19.4. The summed E-state index contributed by atoms with van der Waals surface area (Å²) in [5, 5.41) is 2.96. The number of nitrogens with one attached hydrogen (secondary N) is 1. The molecular weight excluding hydrogens is 364 g/mol. The number of hydrogen-bond donors (Lipinski definition) is 1. The zero-order valence-corrected chi connectivity index (χ0v) is 16.5. The van der Waals surface area contributed by atoms with Gasteiger partial charge in [0.1, 0.15) is 0 Å². The molecule has 2 aliphatic rings. The highest BCUT2D eigenvalue weighted by atomic mass is 16.2. The molecule has 4 rings (SSSR count). The van der Waals surface area contributed by atoms with Gasteiger partial charge in [-0.05, 0) is 36.5 Å². The molecule has 1 saturated heterocycles. The van der Waals surface area contributed by atoms with Gasteiger partial charge >= 0.3 is 0 Å². The number of anilines is 1. The molecule has 2 aromatic rings. The summed E-state index contributed by atoms with van der Waals surface area (Å²) >= 11 is 0. The molecule has 2 unspecified atom stereocenters. The van der Waals surface area contributed by atoms with Gasteiger partial charge in [-0.25, -0.2) is 0 Å². The van der Waals surface area contributed by atoms with Crippen LogP contribution in [0.15, 0.2) is 54.6 Å². The van der Waals surface area contributed by atoms with Gasteiger partial charge in [-0.15, -0.1) is 0 Å². The molecule has 0 radical (unpaired) electrons. The first-order valence-electron chi connectivity index (χ1n) is 10.4. The molecule has 1 aliphatic carbocycles. The van der Waals surface area contributed by atoms with E-state index in [1.165, 1.54) is 10.5 Å². The van der Waals surface area contributed by atoms with Gasteiger partial charge in [0.15, 0.2) is 0 Å². The van der Waals surface area contributed by atoms with E-state index in [4.69, 9.17) is 0 Å². The summed E-state index contributed by atoms with van der Waals surface area (Å²) in [5.74, 6) is -0.674. The quantitative estimate of drug-likeness (QED) is 0.764. The third kappa shape index (κ3) is 4.24. The van der Waals surface area contributed by atoms with E-state index < -0.39 is 0 Å². The number of carbonyl (C=O) groups excluding carboxylic acids is 3. The zero-order valence-electron chi connectivity index (χ0n) is 16.5. The third-order valence-corrected chi connectivity index (χ3v) is 6.02. The van der Waals surface area contributed by atoms with Crippen LogP contribution in [0.3, 0.4) is 0 Å². The summed E-state index contributed by atoms with van der Waals surface area (Å²) in [6, 6.07) is 17.8. The first-order valence-corrected chi connectivity index (χ1v) is 10.4. The summed E-state index contributed by atoms with van der Waals surface area (Å²) in [6.45, 7) is 0.164. The fourth-order valence-electron chi connectivity index (χ4n) is 4.49. The number of likely N-dealkylation sites (tertiary alicyclic amines) is 1. The Bertz CT molecular complexity index is 885. The maximum Gasteiger partial charge on any atom is 0.233 e. The lowest BCUT2D eigenvalue weighted by atomic mass is 9.81. The average molecular weight is 390 g/mol. The lowest BCUT2D eigenvalue weighted by Crippen LogP contribution is -2.34. The Morgan fingerprint density at radius 3 is 2.21 bits per heavy atom. The molecule has 5 heteroatoms. The summed E-state index contributed by atoms with van der Waals surface area (Å²) in [4.78, 5) is 39.0. The van der Waals surface area contributed by atoms with E-state index in [1.807, 2.05) is 42.5 Å². The second-order valence-electron chi connectivity index (χ2n) is 7.94. The minimum Gasteiger partial charge on any atom is -0.326 e. The van der Waals surface area contributed by atoms with Crippen molar-refractivity contribution in [2.45, 2.75) is 38.5 Å². The Balaban J connectivity index is 1.37. The molecule has 1 saturated carbocycles. The topological polar surface area (TPSA) is 66.5 Å². The van der Waals surface area contributed by atoms with E-state index in [0.717, 1.165) is 43.4 Å². The maximum absolute atomic E-state index is 12.6. The van der Waals surface area contributed by atoms with Crippen LogP contribution in [0.4, 0.5) is 5.69 Å². The van der Waals surface area contributed by atoms with Crippen molar-refractivity contribution in [2.75, 3.05) is 11.9 Å². The van der Waals surface area contributed by atoms with Gasteiger partial charge in [0.05, 0.1) is 11.8 Å². The molecule has 0 aromatic heterocycles. The Morgan fingerprint density at radius 2 is 1.52 bits per heavy atom. The maximum atomic E-state index is 12.6. The van der Waals surface area contributed by atoms with Gasteiger partial charge in [-0.1, -0.05) is 61.4 Å². The molecule has 1 aliphatic heterocycles. The molecule has 5 nitrogen and oxygen atoms in total. The second kappa shape index (κ2) is 8.60. The van der Waals surface area contributed by atoms with E-state index in [9.17, 15) is 14.4 Å². The van der Waals surface area contributed by atoms with Gasteiger partial charge in [0, 0.05) is 18.7 Å². The van der Waals surface area contributed by atoms with E-state index in [0.29, 0.717) is 0 Å². The van der Waals surface area contributed by atoms with E-state index in [-0.39, 0.29) is 42.5 Å². The molecule has 3 amide bonds. The first-order chi connectivity index (χ1) is 14.1. The van der Waals surface area contributed by atoms with Gasteiger partial charge < -0.3 is 5.32 Å². The molecule has 1 N–H and O–H groups in total. The highest BCUT2D eigenvalue weighted by Gasteiger charge is 2.47. The molecule has 2 aromatic carbocycles. The predicted octanol–water partition coefficient (Wildman–Crippen LogP) is 3.78. The number of amides is 3. The zero-order chi connectivity index (χ0) is 20.2. The molecule has 0 bridgehead atoms. The second-order valence-corrected chi connectivity index (χ2v) is 7.94. The van der Waals surface area contributed by atoms with Gasteiger partial charge in [-0.2, -0.15) is 0 Å². The number of carbonyl (C=O) groups is 3. The smallest absolute Gasteiger partial charge is 0.233 e. The Morgan fingerprint density at radius 1 is 0.897 bits per heavy atom. The molecule has 2 atom stereocenters.